The van der Waals surface area contributed by atoms with Gasteiger partial charge < -0.3 is 16.2 Å². The molecule has 0 aromatic carbocycles. The molecule has 18 heavy (non-hydrogen) atoms. The van der Waals surface area contributed by atoms with Gasteiger partial charge in [0.25, 0.3) is 5.91 Å². The first-order valence-corrected chi connectivity index (χ1v) is 5.66. The molecule has 6 nitrogen and oxygen atoms in total. The van der Waals surface area contributed by atoms with E-state index in [1.165, 1.54) is 6.20 Å². The molecule has 1 atom stereocenters. The van der Waals surface area contributed by atoms with Crippen LogP contribution in [0, 0.1) is 5.92 Å². The monoisotopic (exact) mass is 251 g/mol. The largest absolute Gasteiger partial charge is 0.480 e. The number of carbonyl (C=O) groups excluding carboxylic acids is 1. The molecule has 0 spiro atoms. The minimum atomic E-state index is -1.06. The number of amides is 1. The van der Waals surface area contributed by atoms with Crippen molar-refractivity contribution in [3.63, 3.8) is 0 Å². The lowest BCUT2D eigenvalue weighted by Gasteiger charge is -2.16. The fourth-order valence-electron chi connectivity index (χ4n) is 1.53. The Morgan fingerprint density at radius 2 is 2.17 bits per heavy atom. The number of nitrogens with zero attached hydrogens (tertiary/aromatic N) is 1. The van der Waals surface area contributed by atoms with Crippen LogP contribution in [0.3, 0.4) is 0 Å². The van der Waals surface area contributed by atoms with Gasteiger partial charge in [0, 0.05) is 6.20 Å². The predicted molar refractivity (Wildman–Crippen MR) is 67.0 cm³/mol. The van der Waals surface area contributed by atoms with Gasteiger partial charge >= 0.3 is 5.97 Å². The number of pyridine rings is 1. The molecular weight excluding hydrogens is 234 g/mol. The van der Waals surface area contributed by atoms with Crippen LogP contribution in [-0.2, 0) is 4.79 Å². The van der Waals surface area contributed by atoms with E-state index < -0.39 is 17.9 Å². The first-order valence-electron chi connectivity index (χ1n) is 5.66. The summed E-state index contributed by atoms with van der Waals surface area (Å²) < 4.78 is 0. The second-order valence-electron chi connectivity index (χ2n) is 4.44. The summed E-state index contributed by atoms with van der Waals surface area (Å²) in [6, 6.07) is 2.22. The SMILES string of the molecule is CC(C)CC(NC(=O)c1ncccc1N)C(=O)O. The number of hydrogen-bond donors (Lipinski definition) is 3. The van der Waals surface area contributed by atoms with Gasteiger partial charge in [-0.1, -0.05) is 13.8 Å². The maximum atomic E-state index is 11.8. The Bertz CT molecular complexity index is 446. The molecule has 0 saturated carbocycles. The molecule has 0 aliphatic carbocycles. The molecule has 0 bridgehead atoms. The second-order valence-corrected chi connectivity index (χ2v) is 4.44. The lowest BCUT2D eigenvalue weighted by molar-refractivity contribution is -0.139. The molecule has 1 aromatic heterocycles. The van der Waals surface area contributed by atoms with E-state index in [9.17, 15) is 9.59 Å². The summed E-state index contributed by atoms with van der Waals surface area (Å²) in [7, 11) is 0. The second kappa shape index (κ2) is 6.00. The van der Waals surface area contributed by atoms with Crippen LogP contribution in [0.2, 0.25) is 0 Å². The Hall–Kier alpha value is -2.11. The fourth-order valence-corrected chi connectivity index (χ4v) is 1.53. The number of carbonyl (C=O) groups is 2. The van der Waals surface area contributed by atoms with Crippen molar-refractivity contribution in [3.8, 4) is 0 Å². The van der Waals surface area contributed by atoms with Crippen LogP contribution in [0.25, 0.3) is 0 Å². The molecule has 4 N–H and O–H groups in total. The zero-order chi connectivity index (χ0) is 13.7. The third-order valence-electron chi connectivity index (χ3n) is 2.36. The van der Waals surface area contributed by atoms with Crippen molar-refractivity contribution in [1.82, 2.24) is 10.3 Å². The minimum absolute atomic E-state index is 0.0486. The molecule has 1 amide bonds. The average molecular weight is 251 g/mol. The molecule has 0 fully saturated rings. The average Bonchev–Trinajstić information content (AvgIpc) is 2.27. The molecule has 0 radical (unpaired) electrons. The maximum Gasteiger partial charge on any atom is 0.326 e. The molecule has 98 valence electrons. The van der Waals surface area contributed by atoms with Crippen molar-refractivity contribution in [2.75, 3.05) is 5.73 Å². The van der Waals surface area contributed by atoms with E-state index >= 15 is 0 Å². The van der Waals surface area contributed by atoms with Gasteiger partial charge in [-0.05, 0) is 24.5 Å². The molecule has 1 unspecified atom stereocenters. The number of rotatable bonds is 5. The van der Waals surface area contributed by atoms with Gasteiger partial charge in [0.05, 0.1) is 5.69 Å². The number of aliphatic carboxylic acids is 1. The quantitative estimate of drug-likeness (QED) is 0.720. The van der Waals surface area contributed by atoms with Gasteiger partial charge in [0.1, 0.15) is 6.04 Å². The number of carboxylic acids is 1. The zero-order valence-corrected chi connectivity index (χ0v) is 10.4. The maximum absolute atomic E-state index is 11.8. The minimum Gasteiger partial charge on any atom is -0.480 e. The summed E-state index contributed by atoms with van der Waals surface area (Å²) in [5.41, 5.74) is 5.88. The normalized spacial score (nSPS) is 12.2. The van der Waals surface area contributed by atoms with Crippen molar-refractivity contribution in [3.05, 3.63) is 24.0 Å². The lowest BCUT2D eigenvalue weighted by Crippen LogP contribution is -2.42. The highest BCUT2D eigenvalue weighted by molar-refractivity contribution is 5.98. The van der Waals surface area contributed by atoms with Crippen LogP contribution in [0.4, 0.5) is 5.69 Å². The van der Waals surface area contributed by atoms with Crippen molar-refractivity contribution in [1.29, 1.82) is 0 Å². The molecule has 0 saturated heterocycles. The van der Waals surface area contributed by atoms with Crippen LogP contribution in [0.15, 0.2) is 18.3 Å². The highest BCUT2D eigenvalue weighted by Crippen LogP contribution is 2.09. The Morgan fingerprint density at radius 1 is 1.50 bits per heavy atom. The van der Waals surface area contributed by atoms with E-state index in [1.807, 2.05) is 13.8 Å². The van der Waals surface area contributed by atoms with Crippen molar-refractivity contribution < 1.29 is 14.7 Å². The Kier molecular flexibility index (Phi) is 4.65. The van der Waals surface area contributed by atoms with Crippen molar-refractivity contribution in [2.24, 2.45) is 5.92 Å². The van der Waals surface area contributed by atoms with Crippen LogP contribution < -0.4 is 11.1 Å². The van der Waals surface area contributed by atoms with Gasteiger partial charge in [-0.2, -0.15) is 0 Å². The van der Waals surface area contributed by atoms with Gasteiger partial charge in [0.15, 0.2) is 5.69 Å². The summed E-state index contributed by atoms with van der Waals surface area (Å²) >= 11 is 0. The van der Waals surface area contributed by atoms with Crippen molar-refractivity contribution >= 4 is 17.6 Å². The highest BCUT2D eigenvalue weighted by atomic mass is 16.4. The first kappa shape index (κ1) is 14.0. The standard InChI is InChI=1S/C12H17N3O3/c1-7(2)6-9(12(17)18)15-11(16)10-8(13)4-3-5-14-10/h3-5,7,9H,6,13H2,1-2H3,(H,15,16)(H,17,18). The Balaban J connectivity index is 2.79. The first-order chi connectivity index (χ1) is 8.41. The number of nitrogens with one attached hydrogen (secondary N) is 1. The third-order valence-corrected chi connectivity index (χ3v) is 2.36. The van der Waals surface area contributed by atoms with Crippen molar-refractivity contribution in [2.45, 2.75) is 26.3 Å². The van der Waals surface area contributed by atoms with Gasteiger partial charge in [0.2, 0.25) is 0 Å². The summed E-state index contributed by atoms with van der Waals surface area (Å²) in [5.74, 6) is -1.47. The van der Waals surface area contributed by atoms with Gasteiger partial charge in [-0.15, -0.1) is 0 Å². The molecule has 0 aliphatic rings. The molecule has 1 rings (SSSR count). The topological polar surface area (TPSA) is 105 Å². The van der Waals surface area contributed by atoms with E-state index in [4.69, 9.17) is 10.8 Å². The van der Waals surface area contributed by atoms with E-state index in [1.54, 1.807) is 12.1 Å². The van der Waals surface area contributed by atoms with Gasteiger partial charge in [-0.3, -0.25) is 4.79 Å². The zero-order valence-electron chi connectivity index (χ0n) is 10.4. The molecule has 6 heteroatoms. The lowest BCUT2D eigenvalue weighted by atomic mass is 10.0. The van der Waals surface area contributed by atoms with E-state index in [0.717, 1.165) is 0 Å². The molecule has 1 heterocycles. The van der Waals surface area contributed by atoms with Crippen LogP contribution in [0.5, 0.6) is 0 Å². The summed E-state index contributed by atoms with van der Waals surface area (Å²) in [6.07, 6.45) is 1.79. The van der Waals surface area contributed by atoms with E-state index in [-0.39, 0.29) is 17.3 Å². The fraction of sp³-hybridized carbons (Fsp3) is 0.417. The molecule has 0 aliphatic heterocycles. The van der Waals surface area contributed by atoms with Crippen LogP contribution in [-0.4, -0.2) is 28.0 Å². The molecular formula is C12H17N3O3. The number of nitrogens with two attached hydrogens (primary N) is 1. The summed E-state index contributed by atoms with van der Waals surface area (Å²) in [5, 5.41) is 11.4. The third kappa shape index (κ3) is 3.73. The van der Waals surface area contributed by atoms with E-state index in [0.29, 0.717) is 6.42 Å². The van der Waals surface area contributed by atoms with E-state index in [2.05, 4.69) is 10.3 Å². The number of nitrogen functional groups attached to an aromatic ring is 1. The Morgan fingerprint density at radius 3 is 2.67 bits per heavy atom. The van der Waals surface area contributed by atoms with Gasteiger partial charge in [-0.25, -0.2) is 9.78 Å². The predicted octanol–water partition coefficient (Wildman–Crippen LogP) is 0.893. The molecule has 1 aromatic rings. The number of carboxylic acid groups (broad SMARTS) is 1. The Labute approximate surface area is 105 Å². The van der Waals surface area contributed by atoms with Crippen LogP contribution >= 0.6 is 0 Å². The number of hydrogen-bond acceptors (Lipinski definition) is 4. The highest BCUT2D eigenvalue weighted by Gasteiger charge is 2.23. The summed E-state index contributed by atoms with van der Waals surface area (Å²) in [6.45, 7) is 3.77. The number of anilines is 1. The number of aromatic nitrogens is 1. The van der Waals surface area contributed by atoms with Crippen LogP contribution in [0.1, 0.15) is 30.8 Å². The summed E-state index contributed by atoms with van der Waals surface area (Å²) in [4.78, 5) is 26.7. The smallest absolute Gasteiger partial charge is 0.326 e.